The molecule has 2 aromatic carbocycles. The molecule has 3 rings (SSSR count). The highest BCUT2D eigenvalue weighted by molar-refractivity contribution is 9.10. The zero-order valence-corrected chi connectivity index (χ0v) is 17.6. The fraction of sp³-hybridized carbons (Fsp3) is 0.364. The highest BCUT2D eigenvalue weighted by Gasteiger charge is 2.28. The Labute approximate surface area is 173 Å². The van der Waals surface area contributed by atoms with Gasteiger partial charge in [0.25, 0.3) is 5.91 Å². The Morgan fingerprint density at radius 3 is 2.32 bits per heavy atom. The molecule has 1 amide bonds. The van der Waals surface area contributed by atoms with E-state index in [9.17, 15) is 9.59 Å². The van der Waals surface area contributed by atoms with Crippen molar-refractivity contribution in [3.05, 3.63) is 58.6 Å². The molecular weight excluding hydrogens is 422 g/mol. The van der Waals surface area contributed by atoms with E-state index in [1.807, 2.05) is 11.0 Å². The molecule has 0 radical (unpaired) electrons. The van der Waals surface area contributed by atoms with E-state index in [4.69, 9.17) is 9.47 Å². The number of rotatable bonds is 5. The van der Waals surface area contributed by atoms with E-state index in [1.165, 1.54) is 0 Å². The maximum Gasteiger partial charge on any atom is 0.343 e. The lowest BCUT2D eigenvalue weighted by molar-refractivity contribution is -0.139. The van der Waals surface area contributed by atoms with Gasteiger partial charge >= 0.3 is 5.97 Å². The van der Waals surface area contributed by atoms with Gasteiger partial charge in [0.15, 0.2) is 6.61 Å². The summed E-state index contributed by atoms with van der Waals surface area (Å²) >= 11 is 3.35. The van der Waals surface area contributed by atoms with Gasteiger partial charge in [0, 0.05) is 12.1 Å². The molecule has 5 nitrogen and oxygen atoms in total. The number of piperidine rings is 1. The summed E-state index contributed by atoms with van der Waals surface area (Å²) in [6.45, 7) is 4.16. The van der Waals surface area contributed by atoms with Crippen LogP contribution in [0.25, 0.3) is 0 Å². The number of nitrogens with zero attached hydrogens (tertiary/aromatic N) is 1. The van der Waals surface area contributed by atoms with E-state index < -0.39 is 5.97 Å². The minimum absolute atomic E-state index is 0.00267. The number of ether oxygens (including phenoxy) is 2. The topological polar surface area (TPSA) is 55.8 Å². The molecule has 0 N–H and O–H groups in total. The van der Waals surface area contributed by atoms with Gasteiger partial charge in [0.05, 0.1) is 10.0 Å². The number of esters is 1. The summed E-state index contributed by atoms with van der Waals surface area (Å²) in [5.41, 5.74) is 0.410. The summed E-state index contributed by atoms with van der Waals surface area (Å²) in [7, 11) is 0. The largest absolute Gasteiger partial charge is 0.484 e. The van der Waals surface area contributed by atoms with Crippen molar-refractivity contribution >= 4 is 27.8 Å². The zero-order chi connectivity index (χ0) is 20.1. The molecule has 0 aromatic heterocycles. The van der Waals surface area contributed by atoms with Gasteiger partial charge < -0.3 is 14.4 Å². The molecule has 28 heavy (non-hydrogen) atoms. The van der Waals surface area contributed by atoms with Crippen LogP contribution in [-0.4, -0.2) is 35.5 Å². The van der Waals surface area contributed by atoms with Crippen molar-refractivity contribution in [2.45, 2.75) is 45.2 Å². The third kappa shape index (κ3) is 4.93. The predicted molar refractivity (Wildman–Crippen MR) is 111 cm³/mol. The quantitative estimate of drug-likeness (QED) is 0.488. The zero-order valence-electron chi connectivity index (χ0n) is 16.1. The number of carbonyl (C=O) groups is 2. The molecule has 2 atom stereocenters. The van der Waals surface area contributed by atoms with Crippen molar-refractivity contribution in [3.8, 4) is 11.5 Å². The summed E-state index contributed by atoms with van der Waals surface area (Å²) in [6, 6.07) is 14.3. The summed E-state index contributed by atoms with van der Waals surface area (Å²) in [6.07, 6.45) is 3.22. The van der Waals surface area contributed by atoms with Gasteiger partial charge in [-0.3, -0.25) is 4.79 Å². The Bertz CT molecular complexity index is 827. The molecule has 1 saturated heterocycles. The molecule has 2 aromatic rings. The van der Waals surface area contributed by atoms with Gasteiger partial charge in [-0.05, 0) is 85.4 Å². The highest BCUT2D eigenvalue weighted by atomic mass is 79.9. The van der Waals surface area contributed by atoms with E-state index in [-0.39, 0.29) is 24.6 Å². The molecule has 6 heteroatoms. The summed E-state index contributed by atoms with van der Waals surface area (Å²) < 4.78 is 11.7. The first kappa shape index (κ1) is 20.4. The van der Waals surface area contributed by atoms with Crippen LogP contribution in [0.1, 0.15) is 43.5 Å². The average molecular weight is 446 g/mol. The molecule has 1 aliphatic heterocycles. The van der Waals surface area contributed by atoms with Crippen molar-refractivity contribution < 1.29 is 19.1 Å². The van der Waals surface area contributed by atoms with Gasteiger partial charge in [0.2, 0.25) is 0 Å². The fourth-order valence-corrected chi connectivity index (χ4v) is 3.87. The van der Waals surface area contributed by atoms with Gasteiger partial charge in [-0.15, -0.1) is 0 Å². The average Bonchev–Trinajstić information content (AvgIpc) is 2.68. The summed E-state index contributed by atoms with van der Waals surface area (Å²) in [5.74, 6) is 0.550. The first-order valence-corrected chi connectivity index (χ1v) is 10.3. The van der Waals surface area contributed by atoms with Crippen molar-refractivity contribution in [3.63, 3.8) is 0 Å². The molecule has 0 aliphatic carbocycles. The second-order valence-corrected chi connectivity index (χ2v) is 7.92. The number of hydrogen-bond acceptors (Lipinski definition) is 4. The van der Waals surface area contributed by atoms with Crippen LogP contribution in [0.15, 0.2) is 53.0 Å². The lowest BCUT2D eigenvalue weighted by Gasteiger charge is -2.38. The Morgan fingerprint density at radius 2 is 1.68 bits per heavy atom. The van der Waals surface area contributed by atoms with Crippen LogP contribution >= 0.6 is 15.9 Å². The van der Waals surface area contributed by atoms with Gasteiger partial charge in [-0.1, -0.05) is 12.1 Å². The maximum atomic E-state index is 12.5. The Hall–Kier alpha value is -2.34. The Morgan fingerprint density at radius 1 is 1.04 bits per heavy atom. The second kappa shape index (κ2) is 9.24. The van der Waals surface area contributed by atoms with E-state index in [1.54, 1.807) is 42.5 Å². The first-order chi connectivity index (χ1) is 13.5. The van der Waals surface area contributed by atoms with E-state index in [2.05, 4.69) is 29.8 Å². The van der Waals surface area contributed by atoms with Crippen LogP contribution in [0, 0.1) is 0 Å². The van der Waals surface area contributed by atoms with Crippen LogP contribution in [0.5, 0.6) is 11.5 Å². The number of para-hydroxylation sites is 1. The van der Waals surface area contributed by atoms with Gasteiger partial charge in [0.1, 0.15) is 11.5 Å². The van der Waals surface area contributed by atoms with Crippen LogP contribution in [0.3, 0.4) is 0 Å². The second-order valence-electron chi connectivity index (χ2n) is 7.06. The number of likely N-dealkylation sites (tertiary alicyclic amines) is 1. The molecule has 0 spiro atoms. The lowest BCUT2D eigenvalue weighted by Crippen LogP contribution is -2.49. The summed E-state index contributed by atoms with van der Waals surface area (Å²) in [4.78, 5) is 26.7. The number of amides is 1. The standard InChI is InChI=1S/C22H24BrNO4/c1-15-6-5-7-16(2)24(15)21(25)14-27-18-12-10-17(11-13-18)22(26)28-20-9-4-3-8-19(20)23/h3-4,8-13,15-16H,5-7,14H2,1-2H3/t15-,16-/m0/s1. The molecule has 0 saturated carbocycles. The van der Waals surface area contributed by atoms with E-state index in [0.29, 0.717) is 21.5 Å². The Kier molecular flexibility index (Phi) is 6.73. The van der Waals surface area contributed by atoms with Crippen LogP contribution in [0.2, 0.25) is 0 Å². The highest BCUT2D eigenvalue weighted by Crippen LogP contribution is 2.25. The molecule has 0 unspecified atom stereocenters. The smallest absolute Gasteiger partial charge is 0.343 e. The monoisotopic (exact) mass is 445 g/mol. The minimum Gasteiger partial charge on any atom is -0.484 e. The van der Waals surface area contributed by atoms with Crippen molar-refractivity contribution in [2.24, 2.45) is 0 Å². The normalized spacial score (nSPS) is 19.2. The molecule has 1 heterocycles. The molecule has 1 fully saturated rings. The van der Waals surface area contributed by atoms with E-state index >= 15 is 0 Å². The number of halogens is 1. The number of benzene rings is 2. The summed E-state index contributed by atoms with van der Waals surface area (Å²) in [5, 5.41) is 0. The molecule has 1 aliphatic rings. The third-order valence-electron chi connectivity index (χ3n) is 4.97. The fourth-order valence-electron chi connectivity index (χ4n) is 3.51. The van der Waals surface area contributed by atoms with Crippen molar-refractivity contribution in [2.75, 3.05) is 6.61 Å². The maximum absolute atomic E-state index is 12.5. The van der Waals surface area contributed by atoms with Crippen LogP contribution in [0.4, 0.5) is 0 Å². The number of carbonyl (C=O) groups excluding carboxylic acids is 2. The molecule has 148 valence electrons. The minimum atomic E-state index is -0.453. The first-order valence-electron chi connectivity index (χ1n) is 9.46. The third-order valence-corrected chi connectivity index (χ3v) is 5.63. The Balaban J connectivity index is 1.56. The van der Waals surface area contributed by atoms with Gasteiger partial charge in [-0.2, -0.15) is 0 Å². The predicted octanol–water partition coefficient (Wildman–Crippen LogP) is 4.84. The molecular formula is C22H24BrNO4. The van der Waals surface area contributed by atoms with Crippen molar-refractivity contribution in [1.29, 1.82) is 0 Å². The SMILES string of the molecule is C[C@H]1CCC[C@H](C)N1C(=O)COc1ccc(C(=O)Oc2ccccc2Br)cc1. The van der Waals surface area contributed by atoms with Crippen molar-refractivity contribution in [1.82, 2.24) is 4.90 Å². The van der Waals surface area contributed by atoms with Crippen LogP contribution in [-0.2, 0) is 4.79 Å². The van der Waals surface area contributed by atoms with E-state index in [0.717, 1.165) is 19.3 Å². The van der Waals surface area contributed by atoms with Crippen LogP contribution < -0.4 is 9.47 Å². The van der Waals surface area contributed by atoms with Gasteiger partial charge in [-0.25, -0.2) is 4.79 Å². The molecule has 0 bridgehead atoms. The number of hydrogen-bond donors (Lipinski definition) is 0. The lowest BCUT2D eigenvalue weighted by atomic mass is 9.97.